The van der Waals surface area contributed by atoms with Crippen LogP contribution in [-0.4, -0.2) is 19.3 Å². The molecular weight excluding hydrogens is 204 g/mol. The van der Waals surface area contributed by atoms with Crippen molar-refractivity contribution in [3.05, 3.63) is 23.8 Å². The third-order valence-electron chi connectivity index (χ3n) is 2.72. The third-order valence-corrected chi connectivity index (χ3v) is 2.72. The Hall–Kier alpha value is -1.26. The smallest absolute Gasteiger partial charge is 0.161 e. The Morgan fingerprint density at radius 3 is 2.50 bits per heavy atom. The van der Waals surface area contributed by atoms with E-state index in [-0.39, 0.29) is 12.1 Å². The van der Waals surface area contributed by atoms with E-state index >= 15 is 0 Å². The standard InChI is InChI=1S/C12H18N2O2/c1-8(13)12(14)9-3-4-10-11(7-9)16-6-2-5-15-10/h3-4,7-8,12H,2,5-6,13-14H2,1H3. The highest BCUT2D eigenvalue weighted by atomic mass is 16.5. The fourth-order valence-electron chi connectivity index (χ4n) is 1.69. The first-order valence-corrected chi connectivity index (χ1v) is 5.59. The molecule has 0 saturated heterocycles. The quantitative estimate of drug-likeness (QED) is 0.788. The minimum atomic E-state index is -0.169. The van der Waals surface area contributed by atoms with Crippen molar-refractivity contribution in [3.8, 4) is 11.5 Å². The molecule has 0 bridgehead atoms. The van der Waals surface area contributed by atoms with Crippen molar-refractivity contribution in [1.82, 2.24) is 0 Å². The molecule has 4 nitrogen and oxygen atoms in total. The van der Waals surface area contributed by atoms with E-state index in [4.69, 9.17) is 20.9 Å². The van der Waals surface area contributed by atoms with E-state index in [0.29, 0.717) is 13.2 Å². The van der Waals surface area contributed by atoms with E-state index in [1.54, 1.807) is 0 Å². The van der Waals surface area contributed by atoms with Gasteiger partial charge in [0.05, 0.1) is 13.2 Å². The summed E-state index contributed by atoms with van der Waals surface area (Å²) in [5.41, 5.74) is 12.8. The highest BCUT2D eigenvalue weighted by molar-refractivity contribution is 5.44. The Balaban J connectivity index is 2.27. The normalized spacial score (nSPS) is 18.7. The van der Waals surface area contributed by atoms with Crippen LogP contribution in [-0.2, 0) is 0 Å². The first-order valence-electron chi connectivity index (χ1n) is 5.59. The molecule has 2 atom stereocenters. The molecule has 1 aliphatic rings. The minimum absolute atomic E-state index is 0.0789. The van der Waals surface area contributed by atoms with Crippen LogP contribution in [0.3, 0.4) is 0 Å². The largest absolute Gasteiger partial charge is 0.490 e. The zero-order valence-electron chi connectivity index (χ0n) is 9.48. The van der Waals surface area contributed by atoms with Crippen LogP contribution < -0.4 is 20.9 Å². The van der Waals surface area contributed by atoms with Gasteiger partial charge in [-0.3, -0.25) is 0 Å². The van der Waals surface area contributed by atoms with Gasteiger partial charge >= 0.3 is 0 Å². The summed E-state index contributed by atoms with van der Waals surface area (Å²) in [6, 6.07) is 5.52. The number of nitrogens with two attached hydrogens (primary N) is 2. The monoisotopic (exact) mass is 222 g/mol. The molecule has 0 aliphatic carbocycles. The molecule has 0 saturated carbocycles. The van der Waals surface area contributed by atoms with E-state index in [0.717, 1.165) is 23.5 Å². The molecule has 4 heteroatoms. The summed E-state index contributed by atoms with van der Waals surface area (Å²) >= 11 is 0. The van der Waals surface area contributed by atoms with Crippen LogP contribution in [0.15, 0.2) is 18.2 Å². The maximum absolute atomic E-state index is 5.99. The van der Waals surface area contributed by atoms with Crippen LogP contribution in [0, 0.1) is 0 Å². The zero-order valence-corrected chi connectivity index (χ0v) is 9.48. The molecule has 1 aromatic rings. The first kappa shape index (κ1) is 11.2. The highest BCUT2D eigenvalue weighted by Crippen LogP contribution is 2.32. The Morgan fingerprint density at radius 2 is 1.81 bits per heavy atom. The molecule has 0 spiro atoms. The van der Waals surface area contributed by atoms with Crippen LogP contribution in [0.2, 0.25) is 0 Å². The number of hydrogen-bond donors (Lipinski definition) is 2. The van der Waals surface area contributed by atoms with Crippen molar-refractivity contribution in [1.29, 1.82) is 0 Å². The molecule has 0 radical (unpaired) electrons. The zero-order chi connectivity index (χ0) is 11.5. The first-order chi connectivity index (χ1) is 7.68. The second-order valence-corrected chi connectivity index (χ2v) is 4.14. The van der Waals surface area contributed by atoms with Crippen molar-refractivity contribution >= 4 is 0 Å². The molecule has 2 rings (SSSR count). The SMILES string of the molecule is CC(N)C(N)c1ccc2c(c1)OCCCO2. The lowest BCUT2D eigenvalue weighted by Gasteiger charge is -2.17. The predicted molar refractivity (Wildman–Crippen MR) is 62.6 cm³/mol. The maximum atomic E-state index is 5.99. The summed E-state index contributed by atoms with van der Waals surface area (Å²) in [5, 5.41) is 0. The number of rotatable bonds is 2. The van der Waals surface area contributed by atoms with Crippen LogP contribution in [0.4, 0.5) is 0 Å². The molecule has 16 heavy (non-hydrogen) atoms. The summed E-state index contributed by atoms with van der Waals surface area (Å²) < 4.78 is 11.1. The molecule has 0 amide bonds. The summed E-state index contributed by atoms with van der Waals surface area (Å²) in [6.45, 7) is 3.28. The van der Waals surface area contributed by atoms with Crippen LogP contribution >= 0.6 is 0 Å². The van der Waals surface area contributed by atoms with Gasteiger partial charge in [0, 0.05) is 18.5 Å². The fraction of sp³-hybridized carbons (Fsp3) is 0.500. The van der Waals surface area contributed by atoms with Gasteiger partial charge in [0.15, 0.2) is 11.5 Å². The van der Waals surface area contributed by atoms with Crippen molar-refractivity contribution in [2.24, 2.45) is 11.5 Å². The lowest BCUT2D eigenvalue weighted by Crippen LogP contribution is -2.31. The van der Waals surface area contributed by atoms with E-state index in [9.17, 15) is 0 Å². The van der Waals surface area contributed by atoms with Gasteiger partial charge < -0.3 is 20.9 Å². The summed E-state index contributed by atoms with van der Waals surface area (Å²) in [7, 11) is 0. The lowest BCUT2D eigenvalue weighted by molar-refractivity contribution is 0.297. The van der Waals surface area contributed by atoms with Crippen molar-refractivity contribution < 1.29 is 9.47 Å². The molecular formula is C12H18N2O2. The summed E-state index contributed by atoms with van der Waals surface area (Å²) in [4.78, 5) is 0. The molecule has 88 valence electrons. The van der Waals surface area contributed by atoms with Gasteiger partial charge in [0.25, 0.3) is 0 Å². The summed E-state index contributed by atoms with van der Waals surface area (Å²) in [6.07, 6.45) is 0.906. The minimum Gasteiger partial charge on any atom is -0.490 e. The second-order valence-electron chi connectivity index (χ2n) is 4.14. The van der Waals surface area contributed by atoms with E-state index in [1.165, 1.54) is 0 Å². The van der Waals surface area contributed by atoms with E-state index in [1.807, 2.05) is 25.1 Å². The molecule has 0 fully saturated rings. The van der Waals surface area contributed by atoms with Gasteiger partial charge in [-0.2, -0.15) is 0 Å². The van der Waals surface area contributed by atoms with Crippen LogP contribution in [0.25, 0.3) is 0 Å². The Labute approximate surface area is 95.5 Å². The van der Waals surface area contributed by atoms with Crippen molar-refractivity contribution in [3.63, 3.8) is 0 Å². The summed E-state index contributed by atoms with van der Waals surface area (Å²) in [5.74, 6) is 1.56. The number of benzene rings is 1. The molecule has 1 heterocycles. The van der Waals surface area contributed by atoms with Gasteiger partial charge in [-0.1, -0.05) is 6.07 Å². The Kier molecular flexibility index (Phi) is 3.31. The van der Waals surface area contributed by atoms with Crippen LogP contribution in [0.5, 0.6) is 11.5 Å². The number of ether oxygens (including phenoxy) is 2. The van der Waals surface area contributed by atoms with Crippen LogP contribution in [0.1, 0.15) is 24.9 Å². The Morgan fingerprint density at radius 1 is 1.12 bits per heavy atom. The van der Waals surface area contributed by atoms with Gasteiger partial charge in [0.2, 0.25) is 0 Å². The van der Waals surface area contributed by atoms with Gasteiger partial charge in [-0.05, 0) is 24.6 Å². The topological polar surface area (TPSA) is 70.5 Å². The average molecular weight is 222 g/mol. The molecule has 4 N–H and O–H groups in total. The maximum Gasteiger partial charge on any atom is 0.161 e. The van der Waals surface area contributed by atoms with E-state index < -0.39 is 0 Å². The average Bonchev–Trinajstić information content (AvgIpc) is 2.51. The number of hydrogen-bond acceptors (Lipinski definition) is 4. The van der Waals surface area contributed by atoms with E-state index in [2.05, 4.69) is 0 Å². The Bertz CT molecular complexity index is 366. The van der Waals surface area contributed by atoms with Gasteiger partial charge in [-0.15, -0.1) is 0 Å². The number of fused-ring (bicyclic) bond motifs is 1. The molecule has 1 aliphatic heterocycles. The molecule has 2 unspecified atom stereocenters. The fourth-order valence-corrected chi connectivity index (χ4v) is 1.69. The lowest BCUT2D eigenvalue weighted by atomic mass is 10.0. The molecule has 1 aromatic carbocycles. The second kappa shape index (κ2) is 4.72. The molecule has 0 aromatic heterocycles. The van der Waals surface area contributed by atoms with Gasteiger partial charge in [-0.25, -0.2) is 0 Å². The van der Waals surface area contributed by atoms with Crippen molar-refractivity contribution in [2.45, 2.75) is 25.4 Å². The highest BCUT2D eigenvalue weighted by Gasteiger charge is 2.15. The predicted octanol–water partition coefficient (Wildman–Crippen LogP) is 1.19. The van der Waals surface area contributed by atoms with Gasteiger partial charge in [0.1, 0.15) is 0 Å². The third kappa shape index (κ3) is 2.28. The van der Waals surface area contributed by atoms with Crippen molar-refractivity contribution in [2.75, 3.05) is 13.2 Å².